The van der Waals surface area contributed by atoms with Crippen LogP contribution in [0.15, 0.2) is 10.2 Å². The highest BCUT2D eigenvalue weighted by molar-refractivity contribution is 4.50. The van der Waals surface area contributed by atoms with Crippen LogP contribution in [-0.4, -0.2) is 13.1 Å². The second kappa shape index (κ2) is 4.48. The molecule has 0 saturated heterocycles. The number of hydrogen-bond acceptors (Lipinski definition) is 2. The third-order valence-corrected chi connectivity index (χ3v) is 1.43. The maximum absolute atomic E-state index is 7.52. The van der Waals surface area contributed by atoms with Gasteiger partial charge in [-0.1, -0.05) is 19.2 Å². The summed E-state index contributed by atoms with van der Waals surface area (Å²) < 4.78 is 7.52. The third-order valence-electron chi connectivity index (χ3n) is 1.43. The number of nitrogens with zero attached hydrogens (tertiary/aromatic N) is 2. The van der Waals surface area contributed by atoms with Crippen LogP contribution in [0.4, 0.5) is 0 Å². The number of azo groups is 1. The van der Waals surface area contributed by atoms with Crippen LogP contribution < -0.4 is 0 Å². The van der Waals surface area contributed by atoms with E-state index in [1.807, 2.05) is 0 Å². The first-order valence-electron chi connectivity index (χ1n) is 4.23. The minimum atomic E-state index is 0.142. The minimum Gasteiger partial charge on any atom is -0.194 e. The molecule has 1 rings (SSSR count). The molecule has 0 unspecified atom stereocenters. The Morgan fingerprint density at radius 3 is 2.00 bits per heavy atom. The molecule has 9 heavy (non-hydrogen) atoms. The Hall–Kier alpha value is -0.400. The predicted molar refractivity (Wildman–Crippen MR) is 37.7 cm³/mol. The molecule has 0 radical (unpaired) electrons. The van der Waals surface area contributed by atoms with Crippen LogP contribution in [0.3, 0.4) is 0 Å². The van der Waals surface area contributed by atoms with E-state index in [-0.39, 0.29) is 6.40 Å². The highest BCUT2D eigenvalue weighted by atomic mass is 15.1. The van der Waals surface area contributed by atoms with Gasteiger partial charge in [-0.05, 0) is 12.8 Å². The molecule has 0 aliphatic carbocycles. The van der Waals surface area contributed by atoms with Gasteiger partial charge in [0.25, 0.3) is 0 Å². The Morgan fingerprint density at radius 1 is 0.889 bits per heavy atom. The molecule has 0 bridgehead atoms. The van der Waals surface area contributed by atoms with Gasteiger partial charge in [0.15, 0.2) is 0 Å². The Bertz CT molecular complexity index is 102. The topological polar surface area (TPSA) is 24.7 Å². The van der Waals surface area contributed by atoms with Gasteiger partial charge in [0, 0.05) is 1.37 Å². The summed E-state index contributed by atoms with van der Waals surface area (Å²) in [4.78, 5) is 0. The van der Waals surface area contributed by atoms with Crippen molar-refractivity contribution < 1.29 is 1.37 Å². The number of hydrogen-bond donors (Lipinski definition) is 0. The Kier molecular flexibility index (Phi) is 2.68. The largest absolute Gasteiger partial charge is 0.194 e. The van der Waals surface area contributed by atoms with E-state index in [1.165, 1.54) is 0 Å². The monoisotopic (exact) mass is 127 g/mol. The third kappa shape index (κ3) is 3.22. The summed E-state index contributed by atoms with van der Waals surface area (Å²) in [5.41, 5.74) is 0. The van der Waals surface area contributed by atoms with Crippen LogP contribution >= 0.6 is 0 Å². The van der Waals surface area contributed by atoms with Crippen molar-refractivity contribution in [3.05, 3.63) is 0 Å². The molecular formula is C7H14N2. The molecule has 0 atom stereocenters. The first kappa shape index (κ1) is 5.39. The fraction of sp³-hybridized carbons (Fsp3) is 1.00. The van der Waals surface area contributed by atoms with E-state index in [2.05, 4.69) is 10.2 Å². The standard InChI is InChI=1S/C7H14N2/c1-2-4-6-8-9-7-5-3-1/h1-7H2/i1D. The van der Waals surface area contributed by atoms with Crippen molar-refractivity contribution in [2.75, 3.05) is 13.1 Å². The van der Waals surface area contributed by atoms with Crippen molar-refractivity contribution in [2.24, 2.45) is 10.2 Å². The van der Waals surface area contributed by atoms with Crippen LogP contribution in [0.1, 0.15) is 33.5 Å². The quantitative estimate of drug-likeness (QED) is 0.477. The van der Waals surface area contributed by atoms with Crippen molar-refractivity contribution >= 4 is 0 Å². The summed E-state index contributed by atoms with van der Waals surface area (Å²) in [7, 11) is 0. The zero-order valence-electron chi connectivity index (χ0n) is 6.71. The van der Waals surface area contributed by atoms with Crippen molar-refractivity contribution in [1.82, 2.24) is 0 Å². The van der Waals surface area contributed by atoms with Crippen molar-refractivity contribution in [3.8, 4) is 0 Å². The molecule has 52 valence electrons. The summed E-state index contributed by atoms with van der Waals surface area (Å²) in [5, 5.41) is 7.93. The van der Waals surface area contributed by atoms with Crippen molar-refractivity contribution in [3.63, 3.8) is 0 Å². The van der Waals surface area contributed by atoms with Gasteiger partial charge in [0.2, 0.25) is 0 Å². The maximum atomic E-state index is 7.52. The highest BCUT2D eigenvalue weighted by Gasteiger charge is 1.92. The Labute approximate surface area is 57.8 Å². The fourth-order valence-corrected chi connectivity index (χ4v) is 0.898. The first-order valence-corrected chi connectivity index (χ1v) is 3.65. The minimum absolute atomic E-state index is 0.142. The first-order chi connectivity index (χ1) is 4.89. The highest BCUT2D eigenvalue weighted by Crippen LogP contribution is 2.05. The van der Waals surface area contributed by atoms with Crippen LogP contribution in [0.2, 0.25) is 0 Å². The smallest absolute Gasteiger partial charge is 0.0598 e. The normalized spacial score (nSPS) is 26.0. The molecule has 0 N–H and O–H groups in total. The molecule has 0 amide bonds. The SMILES string of the molecule is [2H]C1CCCN=NCCC1. The van der Waals surface area contributed by atoms with Crippen LogP contribution in [-0.2, 0) is 0 Å². The summed E-state index contributed by atoms with van der Waals surface area (Å²) in [5.74, 6) is 0. The Morgan fingerprint density at radius 2 is 1.44 bits per heavy atom. The van der Waals surface area contributed by atoms with Crippen LogP contribution in [0.5, 0.6) is 0 Å². The van der Waals surface area contributed by atoms with Gasteiger partial charge in [-0.3, -0.25) is 0 Å². The molecule has 0 aromatic rings. The van der Waals surface area contributed by atoms with Crippen LogP contribution in [0.25, 0.3) is 0 Å². The summed E-state index contributed by atoms with van der Waals surface area (Å²) >= 11 is 0. The van der Waals surface area contributed by atoms with Gasteiger partial charge in [0.05, 0.1) is 13.1 Å². The predicted octanol–water partition coefficient (Wildman–Crippen LogP) is 2.40. The van der Waals surface area contributed by atoms with Gasteiger partial charge in [-0.15, -0.1) is 0 Å². The molecule has 0 spiro atoms. The second-order valence-electron chi connectivity index (χ2n) is 2.30. The molecule has 0 fully saturated rings. The van der Waals surface area contributed by atoms with Crippen LogP contribution in [0, 0.1) is 0 Å². The van der Waals surface area contributed by atoms with Gasteiger partial charge in [-0.2, -0.15) is 10.2 Å². The van der Waals surface area contributed by atoms with Gasteiger partial charge < -0.3 is 0 Å². The molecule has 1 aliphatic rings. The zero-order valence-corrected chi connectivity index (χ0v) is 5.71. The van der Waals surface area contributed by atoms with E-state index < -0.39 is 0 Å². The molecule has 2 nitrogen and oxygen atoms in total. The molecule has 1 aliphatic heterocycles. The lowest BCUT2D eigenvalue weighted by atomic mass is 10.1. The van der Waals surface area contributed by atoms with Gasteiger partial charge in [0.1, 0.15) is 0 Å². The molecule has 0 aromatic heterocycles. The molecule has 1 heterocycles. The van der Waals surface area contributed by atoms with E-state index in [4.69, 9.17) is 1.37 Å². The Balaban J connectivity index is 2.24. The maximum Gasteiger partial charge on any atom is 0.0598 e. The molecule has 0 aromatic carbocycles. The van der Waals surface area contributed by atoms with Gasteiger partial charge in [-0.25, -0.2) is 0 Å². The van der Waals surface area contributed by atoms with E-state index in [0.717, 1.165) is 38.8 Å². The second-order valence-corrected chi connectivity index (χ2v) is 2.30. The summed E-state index contributed by atoms with van der Waals surface area (Å²) in [6, 6.07) is 0. The summed E-state index contributed by atoms with van der Waals surface area (Å²) in [6.45, 7) is 1.66. The zero-order chi connectivity index (χ0) is 7.23. The van der Waals surface area contributed by atoms with Gasteiger partial charge >= 0.3 is 0 Å². The van der Waals surface area contributed by atoms with E-state index >= 15 is 0 Å². The lowest BCUT2D eigenvalue weighted by Gasteiger charge is -1.92. The molecule has 2 heteroatoms. The lowest BCUT2D eigenvalue weighted by molar-refractivity contribution is 0.644. The van der Waals surface area contributed by atoms with E-state index in [0.29, 0.717) is 0 Å². The van der Waals surface area contributed by atoms with Crippen molar-refractivity contribution in [2.45, 2.75) is 32.1 Å². The fourth-order valence-electron chi connectivity index (χ4n) is 0.898. The average Bonchev–Trinajstić information content (AvgIpc) is 2.02. The lowest BCUT2D eigenvalue weighted by Crippen LogP contribution is -1.79. The van der Waals surface area contributed by atoms with E-state index in [9.17, 15) is 0 Å². The molecular weight excluding hydrogens is 112 g/mol. The van der Waals surface area contributed by atoms with Crippen molar-refractivity contribution in [1.29, 1.82) is 0 Å². The van der Waals surface area contributed by atoms with E-state index in [1.54, 1.807) is 0 Å². The average molecular weight is 127 g/mol. The molecule has 0 saturated carbocycles. The summed E-state index contributed by atoms with van der Waals surface area (Å²) in [6.07, 6.45) is 4.22. The number of rotatable bonds is 0.